The molecular formula is C24H24N4O2. The minimum absolute atomic E-state index is 0.183. The largest absolute Gasteiger partial charge is 0.326 e. The standard InChI is InChI=1S/C24H24N4O2/c1-15-8-10-16(11-9-15)22(29)27-20-13-12-18-19(23(30)25-17-6-5-7-17)14-28(21(18)26-20)24(2,3)4/h5-14H,1-4H3,(H,25,30)(H,26,27,29). The van der Waals surface area contributed by atoms with Gasteiger partial charge in [0.25, 0.3) is 11.8 Å². The zero-order valence-corrected chi connectivity index (χ0v) is 17.5. The second kappa shape index (κ2) is 7.30. The number of carbonyl (C=O) groups is 2. The van der Waals surface area contributed by atoms with Gasteiger partial charge in [0.05, 0.1) is 5.56 Å². The maximum Gasteiger partial charge on any atom is 0.257 e. The molecule has 0 saturated carbocycles. The minimum Gasteiger partial charge on any atom is -0.326 e. The molecule has 0 atom stereocenters. The smallest absolute Gasteiger partial charge is 0.257 e. The molecule has 0 fully saturated rings. The van der Waals surface area contributed by atoms with E-state index in [1.54, 1.807) is 18.2 Å². The Balaban J connectivity index is 1.69. The lowest BCUT2D eigenvalue weighted by Crippen LogP contribution is -2.24. The first kappa shape index (κ1) is 19.6. The van der Waals surface area contributed by atoms with Crippen LogP contribution in [-0.2, 0) is 5.54 Å². The summed E-state index contributed by atoms with van der Waals surface area (Å²) in [7, 11) is 0. The van der Waals surface area contributed by atoms with E-state index in [1.165, 1.54) is 0 Å². The van der Waals surface area contributed by atoms with E-state index in [0.29, 0.717) is 22.6 Å². The fourth-order valence-electron chi connectivity index (χ4n) is 3.23. The third-order valence-corrected chi connectivity index (χ3v) is 4.98. The van der Waals surface area contributed by atoms with Crippen molar-refractivity contribution in [2.45, 2.75) is 33.2 Å². The average molecular weight is 400 g/mol. The molecule has 2 N–H and O–H groups in total. The van der Waals surface area contributed by atoms with Crippen molar-refractivity contribution in [3.63, 3.8) is 0 Å². The van der Waals surface area contributed by atoms with Crippen LogP contribution in [0.5, 0.6) is 0 Å². The predicted octanol–water partition coefficient (Wildman–Crippen LogP) is 4.54. The molecule has 1 aromatic carbocycles. The maximum absolute atomic E-state index is 12.8. The number of amides is 2. The Morgan fingerprint density at radius 1 is 0.967 bits per heavy atom. The van der Waals surface area contributed by atoms with E-state index < -0.39 is 0 Å². The van der Waals surface area contributed by atoms with E-state index in [4.69, 9.17) is 0 Å². The van der Waals surface area contributed by atoms with Gasteiger partial charge in [-0.1, -0.05) is 23.8 Å². The topological polar surface area (TPSA) is 76.0 Å². The number of hydrogen-bond donors (Lipinski definition) is 2. The van der Waals surface area contributed by atoms with Crippen LogP contribution in [0.3, 0.4) is 0 Å². The van der Waals surface area contributed by atoms with Crippen LogP contribution < -0.4 is 10.6 Å². The number of aryl methyl sites for hydroxylation is 1. The molecule has 0 unspecified atom stereocenters. The van der Waals surface area contributed by atoms with E-state index in [0.717, 1.165) is 16.6 Å². The van der Waals surface area contributed by atoms with Gasteiger partial charge >= 0.3 is 0 Å². The van der Waals surface area contributed by atoms with Crippen molar-refractivity contribution in [2.75, 3.05) is 5.32 Å². The number of fused-ring (bicyclic) bond motifs is 1. The molecule has 0 saturated heterocycles. The molecule has 1 aliphatic carbocycles. The summed E-state index contributed by atoms with van der Waals surface area (Å²) in [6.45, 7) is 8.11. The molecule has 6 heteroatoms. The van der Waals surface area contributed by atoms with Crippen LogP contribution >= 0.6 is 0 Å². The molecule has 0 bridgehead atoms. The molecule has 2 amide bonds. The third-order valence-electron chi connectivity index (χ3n) is 4.98. The van der Waals surface area contributed by atoms with Gasteiger partial charge in [-0.15, -0.1) is 0 Å². The first-order chi connectivity index (χ1) is 14.2. The fraction of sp³-hybridized carbons (Fsp3) is 0.208. The van der Waals surface area contributed by atoms with Gasteiger partial charge < -0.3 is 15.2 Å². The summed E-state index contributed by atoms with van der Waals surface area (Å²) in [6.07, 6.45) is 7.38. The second-order valence-corrected chi connectivity index (χ2v) is 8.41. The van der Waals surface area contributed by atoms with E-state index in [1.807, 2.05) is 74.9 Å². The summed E-state index contributed by atoms with van der Waals surface area (Å²) in [5.74, 6) is 0.0301. The van der Waals surface area contributed by atoms with E-state index in [-0.39, 0.29) is 17.4 Å². The first-order valence-electron chi connectivity index (χ1n) is 9.83. The number of nitrogens with zero attached hydrogens (tertiary/aromatic N) is 2. The summed E-state index contributed by atoms with van der Waals surface area (Å²) >= 11 is 0. The lowest BCUT2D eigenvalue weighted by Gasteiger charge is -2.22. The van der Waals surface area contributed by atoms with Crippen molar-refractivity contribution in [3.05, 3.63) is 83.2 Å². The Hall–Kier alpha value is -3.67. The van der Waals surface area contributed by atoms with Gasteiger partial charge in [0.1, 0.15) is 11.5 Å². The SMILES string of the molecule is Cc1ccc(C(=O)Nc2ccc3c(C(=O)NC4=CC=C4)cn(C(C)(C)C)c3n2)cc1. The van der Waals surface area contributed by atoms with E-state index >= 15 is 0 Å². The van der Waals surface area contributed by atoms with E-state index in [9.17, 15) is 9.59 Å². The number of anilines is 1. The molecule has 0 aliphatic heterocycles. The second-order valence-electron chi connectivity index (χ2n) is 8.41. The van der Waals surface area contributed by atoms with Gasteiger partial charge in [0.15, 0.2) is 0 Å². The number of rotatable bonds is 4. The quantitative estimate of drug-likeness (QED) is 0.675. The van der Waals surface area contributed by atoms with Crippen LogP contribution in [-0.4, -0.2) is 21.4 Å². The van der Waals surface area contributed by atoms with Gasteiger partial charge in [-0.2, -0.15) is 0 Å². The molecule has 0 spiro atoms. The van der Waals surface area contributed by atoms with Crippen LogP contribution in [0.1, 0.15) is 47.1 Å². The fourth-order valence-corrected chi connectivity index (χ4v) is 3.23. The molecular weight excluding hydrogens is 376 g/mol. The lowest BCUT2D eigenvalue weighted by atomic mass is 10.1. The highest BCUT2D eigenvalue weighted by molar-refractivity contribution is 6.08. The maximum atomic E-state index is 12.8. The summed E-state index contributed by atoms with van der Waals surface area (Å²) in [4.78, 5) is 30.0. The molecule has 2 aromatic heterocycles. The zero-order valence-electron chi connectivity index (χ0n) is 17.5. The van der Waals surface area contributed by atoms with Gasteiger partial charge in [-0.25, -0.2) is 4.98 Å². The number of hydrogen-bond acceptors (Lipinski definition) is 3. The lowest BCUT2D eigenvalue weighted by molar-refractivity contribution is 0.0967. The number of nitrogens with one attached hydrogen (secondary N) is 2. The Bertz CT molecular complexity index is 1210. The van der Waals surface area contributed by atoms with Gasteiger partial charge in [0.2, 0.25) is 0 Å². The number of pyridine rings is 1. The first-order valence-corrected chi connectivity index (χ1v) is 9.83. The number of aromatic nitrogens is 2. The van der Waals surface area contributed by atoms with Crippen LogP contribution in [0, 0.1) is 6.92 Å². The van der Waals surface area contributed by atoms with Crippen LogP contribution in [0.2, 0.25) is 0 Å². The van der Waals surface area contributed by atoms with Crippen LogP contribution in [0.15, 0.2) is 66.5 Å². The highest BCUT2D eigenvalue weighted by Gasteiger charge is 2.23. The molecule has 3 aromatic rings. The van der Waals surface area contributed by atoms with Crippen molar-refractivity contribution in [1.29, 1.82) is 0 Å². The molecule has 6 nitrogen and oxygen atoms in total. The van der Waals surface area contributed by atoms with Crippen molar-refractivity contribution in [2.24, 2.45) is 0 Å². The molecule has 0 radical (unpaired) electrons. The van der Waals surface area contributed by atoms with Crippen molar-refractivity contribution in [1.82, 2.24) is 14.9 Å². The summed E-state index contributed by atoms with van der Waals surface area (Å²) in [5.41, 5.74) is 3.34. The van der Waals surface area contributed by atoms with Gasteiger partial charge in [0, 0.05) is 28.4 Å². The Kier molecular flexibility index (Phi) is 4.78. The highest BCUT2D eigenvalue weighted by atomic mass is 16.2. The number of benzene rings is 1. The Morgan fingerprint density at radius 2 is 1.67 bits per heavy atom. The van der Waals surface area contributed by atoms with Crippen molar-refractivity contribution < 1.29 is 9.59 Å². The summed E-state index contributed by atoms with van der Waals surface area (Å²) in [6, 6.07) is 10.9. The van der Waals surface area contributed by atoms with E-state index in [2.05, 4.69) is 15.6 Å². The molecule has 152 valence electrons. The number of carbonyl (C=O) groups excluding carboxylic acids is 2. The number of allylic oxidation sites excluding steroid dienone is 3. The van der Waals surface area contributed by atoms with Gasteiger partial charge in [-0.05, 0) is 64.1 Å². The Labute approximate surface area is 175 Å². The monoisotopic (exact) mass is 400 g/mol. The highest BCUT2D eigenvalue weighted by Crippen LogP contribution is 2.28. The third kappa shape index (κ3) is 3.76. The molecule has 4 rings (SSSR count). The van der Waals surface area contributed by atoms with Crippen LogP contribution in [0.4, 0.5) is 5.82 Å². The predicted molar refractivity (Wildman–Crippen MR) is 119 cm³/mol. The molecule has 1 aliphatic rings. The minimum atomic E-state index is -0.293. The van der Waals surface area contributed by atoms with Crippen LogP contribution in [0.25, 0.3) is 11.0 Å². The van der Waals surface area contributed by atoms with Crippen molar-refractivity contribution in [3.8, 4) is 0 Å². The summed E-state index contributed by atoms with van der Waals surface area (Å²) in [5, 5.41) is 6.48. The Morgan fingerprint density at radius 3 is 2.27 bits per heavy atom. The van der Waals surface area contributed by atoms with Crippen molar-refractivity contribution >= 4 is 28.7 Å². The summed E-state index contributed by atoms with van der Waals surface area (Å²) < 4.78 is 1.96. The van der Waals surface area contributed by atoms with Gasteiger partial charge in [-0.3, -0.25) is 9.59 Å². The normalized spacial score (nSPS) is 13.0. The molecule has 30 heavy (non-hydrogen) atoms. The average Bonchev–Trinajstić information content (AvgIpc) is 3.04. The zero-order chi connectivity index (χ0) is 21.5. The molecule has 2 heterocycles.